The summed E-state index contributed by atoms with van der Waals surface area (Å²) in [4.78, 5) is 55.5. The number of benzene rings is 1. The molecule has 0 aromatic heterocycles. The summed E-state index contributed by atoms with van der Waals surface area (Å²) in [6.45, 7) is 2.78. The number of ketones is 2. The summed E-state index contributed by atoms with van der Waals surface area (Å²) < 4.78 is 0. The number of anilines is 2. The fraction of sp³-hybridized carbons (Fsp3) is 0.548. The van der Waals surface area contributed by atoms with Crippen molar-refractivity contribution in [1.29, 1.82) is 0 Å². The van der Waals surface area contributed by atoms with E-state index < -0.39 is 69.7 Å². The van der Waals surface area contributed by atoms with E-state index in [4.69, 9.17) is 5.73 Å². The van der Waals surface area contributed by atoms with Gasteiger partial charge in [0.05, 0.1) is 23.8 Å². The molecular weight excluding hydrogens is 570 g/mol. The van der Waals surface area contributed by atoms with Crippen molar-refractivity contribution in [2.75, 3.05) is 51.5 Å². The average Bonchev–Trinajstić information content (AvgIpc) is 2.93. The number of nitrogens with two attached hydrogens (primary N) is 1. The van der Waals surface area contributed by atoms with Crippen LogP contribution in [0.5, 0.6) is 5.75 Å². The lowest BCUT2D eigenvalue weighted by atomic mass is 9.57. The molecule has 2 amide bonds. The zero-order valence-electron chi connectivity index (χ0n) is 25.9. The number of hydrogen-bond acceptors (Lipinski definition) is 11. The second kappa shape index (κ2) is 12.6. The van der Waals surface area contributed by atoms with Crippen LogP contribution in [0.15, 0.2) is 23.0 Å². The Morgan fingerprint density at radius 2 is 1.77 bits per heavy atom. The normalized spacial score (nSPS) is 24.7. The smallest absolute Gasteiger partial charge is 0.255 e. The van der Waals surface area contributed by atoms with Crippen LogP contribution in [-0.4, -0.2) is 102 Å². The first-order valence-electron chi connectivity index (χ1n) is 14.9. The zero-order valence-corrected chi connectivity index (χ0v) is 25.9. The van der Waals surface area contributed by atoms with E-state index in [-0.39, 0.29) is 36.2 Å². The Balaban J connectivity index is 1.77. The minimum Gasteiger partial charge on any atom is -0.508 e. The van der Waals surface area contributed by atoms with Crippen LogP contribution in [0, 0.1) is 11.8 Å². The number of Topliss-reactive ketones (excluding diaryl/α,β-unsaturated/α-hetero) is 2. The maximum Gasteiger partial charge on any atom is 0.255 e. The average molecular weight is 614 g/mol. The quantitative estimate of drug-likeness (QED) is 0.107. The maximum atomic E-state index is 14.1. The number of primary amides is 1. The van der Waals surface area contributed by atoms with E-state index in [0.717, 1.165) is 25.7 Å². The molecule has 1 fully saturated rings. The highest BCUT2D eigenvalue weighted by Crippen LogP contribution is 2.54. The SMILES string of the molecule is CCCCCCNCC(=O)Nc1cc(N(C)C)c2c(c1O)C(O)=C1C(=O)[C@]3(O)C(O)=C(C(N)=O)C(=O)[C@@H](N(C)C)C3CC1C2. The third-order valence-electron chi connectivity index (χ3n) is 8.95. The Morgan fingerprint density at radius 1 is 1.09 bits per heavy atom. The number of hydrogen-bond donors (Lipinski definition) is 7. The van der Waals surface area contributed by atoms with Gasteiger partial charge in [0, 0.05) is 31.3 Å². The van der Waals surface area contributed by atoms with E-state index in [1.165, 1.54) is 4.90 Å². The number of fused-ring (bicyclic) bond motifs is 3. The molecule has 0 radical (unpaired) electrons. The summed E-state index contributed by atoms with van der Waals surface area (Å²) in [5, 5.41) is 51.5. The van der Waals surface area contributed by atoms with Crippen molar-refractivity contribution in [2.24, 2.45) is 17.6 Å². The molecule has 13 heteroatoms. The van der Waals surface area contributed by atoms with Crippen molar-refractivity contribution < 1.29 is 39.6 Å². The fourth-order valence-corrected chi connectivity index (χ4v) is 6.86. The molecule has 1 aromatic carbocycles. The molecular formula is C31H43N5O8. The molecule has 0 bridgehead atoms. The lowest BCUT2D eigenvalue weighted by Crippen LogP contribution is -2.65. The summed E-state index contributed by atoms with van der Waals surface area (Å²) in [7, 11) is 6.61. The third-order valence-corrected chi connectivity index (χ3v) is 8.95. The van der Waals surface area contributed by atoms with Crippen LogP contribution >= 0.6 is 0 Å². The number of aliphatic hydroxyl groups is 3. The largest absolute Gasteiger partial charge is 0.508 e. The first kappa shape index (κ1) is 33.0. The van der Waals surface area contributed by atoms with Gasteiger partial charge in [0.25, 0.3) is 5.91 Å². The van der Waals surface area contributed by atoms with Gasteiger partial charge in [-0.3, -0.25) is 24.1 Å². The number of carbonyl (C=O) groups excluding carboxylic acids is 4. The molecule has 3 aliphatic carbocycles. The standard InChI is InChI=1S/C31H43N5O8/c1-6-7-8-9-10-33-14-20(37)34-18-13-19(35(2)3)16-11-15-12-17-24(36(4)5)27(40)23(30(32)43)29(42)31(17,44)28(41)21(15)26(39)22(16)25(18)38/h13,15,17,24,33,38-39,42,44H,6-12,14H2,1-5H3,(H2,32,43)(H,34,37)/t15?,17?,24-,31-/m0/s1. The van der Waals surface area contributed by atoms with Crippen LogP contribution in [0.2, 0.25) is 0 Å². The van der Waals surface area contributed by atoms with Gasteiger partial charge in [-0.2, -0.15) is 0 Å². The number of phenols is 1. The second-order valence-electron chi connectivity index (χ2n) is 12.3. The van der Waals surface area contributed by atoms with Gasteiger partial charge in [0.1, 0.15) is 22.8 Å². The summed E-state index contributed by atoms with van der Waals surface area (Å²) >= 11 is 0. The number of likely N-dealkylation sites (N-methyl/N-ethyl adjacent to an activating group) is 1. The molecule has 1 aromatic rings. The van der Waals surface area contributed by atoms with Gasteiger partial charge in [-0.05, 0) is 57.5 Å². The van der Waals surface area contributed by atoms with Crippen molar-refractivity contribution in [3.8, 4) is 5.75 Å². The maximum absolute atomic E-state index is 14.1. The molecule has 0 aliphatic heterocycles. The highest BCUT2D eigenvalue weighted by atomic mass is 16.3. The first-order chi connectivity index (χ1) is 20.7. The van der Waals surface area contributed by atoms with Crippen molar-refractivity contribution >= 4 is 40.5 Å². The summed E-state index contributed by atoms with van der Waals surface area (Å²) in [6.07, 6.45) is 4.32. The van der Waals surface area contributed by atoms with Crippen LogP contribution in [-0.2, 0) is 25.6 Å². The molecule has 2 unspecified atom stereocenters. The minimum atomic E-state index is -2.72. The summed E-state index contributed by atoms with van der Waals surface area (Å²) in [5.74, 6) is -7.69. The number of nitrogens with one attached hydrogen (secondary N) is 2. The van der Waals surface area contributed by atoms with Gasteiger partial charge in [-0.15, -0.1) is 0 Å². The van der Waals surface area contributed by atoms with E-state index >= 15 is 0 Å². The second-order valence-corrected chi connectivity index (χ2v) is 12.3. The van der Waals surface area contributed by atoms with Gasteiger partial charge in [0.15, 0.2) is 11.4 Å². The molecule has 1 saturated carbocycles. The monoisotopic (exact) mass is 613 g/mol. The summed E-state index contributed by atoms with van der Waals surface area (Å²) in [5.41, 5.74) is 2.54. The molecule has 0 spiro atoms. The molecule has 13 nitrogen and oxygen atoms in total. The highest BCUT2D eigenvalue weighted by Gasteiger charge is 2.64. The minimum absolute atomic E-state index is 0.00156. The Bertz CT molecular complexity index is 1450. The van der Waals surface area contributed by atoms with Crippen LogP contribution < -0.4 is 21.3 Å². The number of aliphatic hydroxyl groups excluding tert-OH is 2. The molecule has 3 aliphatic rings. The number of unbranched alkanes of at least 4 members (excludes halogenated alkanes) is 3. The first-order valence-corrected chi connectivity index (χ1v) is 14.9. The number of aromatic hydroxyl groups is 1. The van der Waals surface area contributed by atoms with Crippen molar-refractivity contribution in [2.45, 2.75) is 57.1 Å². The van der Waals surface area contributed by atoms with Gasteiger partial charge in [-0.1, -0.05) is 26.2 Å². The van der Waals surface area contributed by atoms with E-state index in [1.54, 1.807) is 39.2 Å². The van der Waals surface area contributed by atoms with Crippen LogP contribution in [0.1, 0.15) is 50.2 Å². The van der Waals surface area contributed by atoms with E-state index in [0.29, 0.717) is 17.8 Å². The number of carbonyl (C=O) groups is 4. The van der Waals surface area contributed by atoms with Gasteiger partial charge in [-0.25, -0.2) is 0 Å². The molecule has 0 saturated heterocycles. The lowest BCUT2D eigenvalue weighted by Gasteiger charge is -2.50. The predicted molar refractivity (Wildman–Crippen MR) is 164 cm³/mol. The summed E-state index contributed by atoms with van der Waals surface area (Å²) in [6, 6.07) is 0.430. The van der Waals surface area contributed by atoms with E-state index in [2.05, 4.69) is 17.6 Å². The number of phenolic OH excluding ortho intramolecular Hbond substituents is 1. The third kappa shape index (κ3) is 5.44. The number of rotatable bonds is 11. The Hall–Kier alpha value is -3.94. The lowest BCUT2D eigenvalue weighted by molar-refractivity contribution is -0.153. The molecule has 240 valence electrons. The van der Waals surface area contributed by atoms with Gasteiger partial charge < -0.3 is 41.7 Å². The van der Waals surface area contributed by atoms with E-state index in [1.807, 2.05) is 0 Å². The molecule has 4 rings (SSSR count). The molecule has 0 heterocycles. The molecule has 44 heavy (non-hydrogen) atoms. The van der Waals surface area contributed by atoms with Crippen LogP contribution in [0.25, 0.3) is 5.76 Å². The van der Waals surface area contributed by atoms with Gasteiger partial charge in [0.2, 0.25) is 11.7 Å². The van der Waals surface area contributed by atoms with Gasteiger partial charge >= 0.3 is 0 Å². The van der Waals surface area contributed by atoms with Crippen LogP contribution in [0.4, 0.5) is 11.4 Å². The number of amides is 2. The molecule has 4 atom stereocenters. The fourth-order valence-electron chi connectivity index (χ4n) is 6.86. The molecule has 8 N–H and O–H groups in total. The highest BCUT2D eigenvalue weighted by molar-refractivity contribution is 6.24. The predicted octanol–water partition coefficient (Wildman–Crippen LogP) is 1.14. The Kier molecular flexibility index (Phi) is 9.43. The Labute approximate surface area is 256 Å². The van der Waals surface area contributed by atoms with E-state index in [9.17, 15) is 39.6 Å². The van der Waals surface area contributed by atoms with Crippen molar-refractivity contribution in [3.05, 3.63) is 34.1 Å². The van der Waals surface area contributed by atoms with Crippen LogP contribution in [0.3, 0.4) is 0 Å². The van der Waals surface area contributed by atoms with Crippen molar-refractivity contribution in [3.63, 3.8) is 0 Å². The number of nitrogens with zero attached hydrogens (tertiary/aromatic N) is 2. The van der Waals surface area contributed by atoms with Crippen molar-refractivity contribution in [1.82, 2.24) is 10.2 Å². The topological polar surface area (TPSA) is 206 Å². The zero-order chi connectivity index (χ0) is 32.7. The Morgan fingerprint density at radius 3 is 2.36 bits per heavy atom.